The summed E-state index contributed by atoms with van der Waals surface area (Å²) in [6, 6.07) is -0.225. The van der Waals surface area contributed by atoms with Crippen molar-refractivity contribution in [2.75, 3.05) is 40.8 Å². The van der Waals surface area contributed by atoms with E-state index in [-0.39, 0.29) is 11.9 Å². The number of hydrogen-bond donors (Lipinski definition) is 1. The number of carbonyl (C=O) groups excluding carboxylic acids is 1. The van der Waals surface area contributed by atoms with Gasteiger partial charge >= 0.3 is 0 Å². The van der Waals surface area contributed by atoms with E-state index in [0.29, 0.717) is 0 Å². The lowest BCUT2D eigenvalue weighted by Gasteiger charge is -2.25. The van der Waals surface area contributed by atoms with Gasteiger partial charge in [-0.2, -0.15) is 0 Å². The van der Waals surface area contributed by atoms with Gasteiger partial charge < -0.3 is 15.1 Å². The maximum absolute atomic E-state index is 12.5. The summed E-state index contributed by atoms with van der Waals surface area (Å²) in [5.41, 5.74) is 2.90. The minimum atomic E-state index is -0.225. The van der Waals surface area contributed by atoms with Crippen molar-refractivity contribution < 1.29 is 4.79 Å². The second-order valence-electron chi connectivity index (χ2n) is 4.76. The topological polar surface area (TPSA) is 48.5 Å². The molecule has 0 saturated carbocycles. The highest BCUT2D eigenvalue weighted by molar-refractivity contribution is 7.10. The monoisotopic (exact) mass is 268 g/mol. The standard InChI is InChI=1S/C12H20N4OS/c1-13-10-11-9(14-8-18-11)4-5-16(12(10)17)7-6-15(2)3/h8,10,13H,4-7H2,1-3H3. The fourth-order valence-electron chi connectivity index (χ4n) is 2.14. The molecule has 2 rings (SSSR count). The second kappa shape index (κ2) is 5.77. The quantitative estimate of drug-likeness (QED) is 0.856. The molecule has 6 heteroatoms. The van der Waals surface area contributed by atoms with Crippen LogP contribution in [-0.2, 0) is 11.2 Å². The Balaban J connectivity index is 2.14. The number of likely N-dealkylation sites (N-methyl/N-ethyl adjacent to an activating group) is 2. The third-order valence-electron chi connectivity index (χ3n) is 3.22. The van der Waals surface area contributed by atoms with Crippen molar-refractivity contribution in [1.82, 2.24) is 20.1 Å². The zero-order chi connectivity index (χ0) is 13.1. The van der Waals surface area contributed by atoms with Gasteiger partial charge in [0.25, 0.3) is 0 Å². The van der Waals surface area contributed by atoms with Gasteiger partial charge in [-0.25, -0.2) is 4.98 Å². The van der Waals surface area contributed by atoms with E-state index in [4.69, 9.17) is 0 Å². The number of amides is 1. The van der Waals surface area contributed by atoms with Crippen LogP contribution in [0.1, 0.15) is 16.6 Å². The summed E-state index contributed by atoms with van der Waals surface area (Å²) in [7, 11) is 5.88. The molecule has 1 aromatic heterocycles. The van der Waals surface area contributed by atoms with Gasteiger partial charge in [-0.05, 0) is 21.1 Å². The van der Waals surface area contributed by atoms with Crippen molar-refractivity contribution in [2.45, 2.75) is 12.5 Å². The van der Waals surface area contributed by atoms with E-state index in [1.54, 1.807) is 11.3 Å². The molecule has 0 aliphatic carbocycles. The maximum atomic E-state index is 12.5. The first-order valence-electron chi connectivity index (χ1n) is 6.16. The Kier molecular flexibility index (Phi) is 4.31. The molecule has 1 unspecified atom stereocenters. The third kappa shape index (κ3) is 2.71. The molecule has 0 bridgehead atoms. The molecule has 1 aliphatic rings. The normalized spacial score (nSPS) is 20.1. The van der Waals surface area contributed by atoms with Gasteiger partial charge in [-0.1, -0.05) is 0 Å². The van der Waals surface area contributed by atoms with Crippen molar-refractivity contribution in [3.8, 4) is 0 Å². The van der Waals surface area contributed by atoms with Gasteiger partial charge in [-0.3, -0.25) is 4.79 Å². The number of aromatic nitrogens is 1. The van der Waals surface area contributed by atoms with Crippen molar-refractivity contribution in [3.05, 3.63) is 16.1 Å². The summed E-state index contributed by atoms with van der Waals surface area (Å²) >= 11 is 1.57. The number of rotatable bonds is 4. The van der Waals surface area contributed by atoms with E-state index in [1.165, 1.54) is 0 Å². The van der Waals surface area contributed by atoms with Crippen LogP contribution in [0.25, 0.3) is 0 Å². The van der Waals surface area contributed by atoms with E-state index in [2.05, 4.69) is 15.2 Å². The Morgan fingerprint density at radius 1 is 1.61 bits per heavy atom. The highest BCUT2D eigenvalue weighted by Gasteiger charge is 2.31. The first-order chi connectivity index (χ1) is 8.63. The Bertz CT molecular complexity index is 418. The molecule has 0 aromatic carbocycles. The Labute approximate surface area is 112 Å². The molecule has 100 valence electrons. The molecule has 1 aliphatic heterocycles. The van der Waals surface area contributed by atoms with E-state index in [9.17, 15) is 4.79 Å². The summed E-state index contributed by atoms with van der Waals surface area (Å²) in [6.07, 6.45) is 0.857. The number of nitrogens with one attached hydrogen (secondary N) is 1. The average molecular weight is 268 g/mol. The van der Waals surface area contributed by atoms with Crippen LogP contribution in [0, 0.1) is 0 Å². The van der Waals surface area contributed by atoms with E-state index >= 15 is 0 Å². The number of hydrogen-bond acceptors (Lipinski definition) is 5. The van der Waals surface area contributed by atoms with Gasteiger partial charge in [0.2, 0.25) is 5.91 Å². The third-order valence-corrected chi connectivity index (χ3v) is 4.15. The first-order valence-corrected chi connectivity index (χ1v) is 7.04. The van der Waals surface area contributed by atoms with Crippen LogP contribution in [-0.4, -0.2) is 61.5 Å². The predicted octanol–water partition coefficient (Wildman–Crippen LogP) is 0.350. The zero-order valence-corrected chi connectivity index (χ0v) is 12.0. The molecule has 0 spiro atoms. The first kappa shape index (κ1) is 13.5. The largest absolute Gasteiger partial charge is 0.339 e. The fourth-order valence-corrected chi connectivity index (χ4v) is 3.08. The Morgan fingerprint density at radius 3 is 3.06 bits per heavy atom. The number of carbonyl (C=O) groups is 1. The minimum absolute atomic E-state index is 0.169. The molecule has 0 radical (unpaired) electrons. The van der Waals surface area contributed by atoms with Crippen molar-refractivity contribution >= 4 is 17.2 Å². The summed E-state index contributed by atoms with van der Waals surface area (Å²) < 4.78 is 0. The molecule has 2 heterocycles. The van der Waals surface area contributed by atoms with Crippen LogP contribution in [0.15, 0.2) is 5.51 Å². The fraction of sp³-hybridized carbons (Fsp3) is 0.667. The molecular weight excluding hydrogens is 248 g/mol. The smallest absolute Gasteiger partial charge is 0.245 e. The van der Waals surface area contributed by atoms with Crippen LogP contribution in [0.5, 0.6) is 0 Å². The lowest BCUT2D eigenvalue weighted by atomic mass is 10.2. The summed E-state index contributed by atoms with van der Waals surface area (Å²) in [4.78, 5) is 22.0. The maximum Gasteiger partial charge on any atom is 0.245 e. The van der Waals surface area contributed by atoms with Crippen molar-refractivity contribution in [2.24, 2.45) is 0 Å². The van der Waals surface area contributed by atoms with Gasteiger partial charge in [-0.15, -0.1) is 11.3 Å². The molecule has 0 saturated heterocycles. The van der Waals surface area contributed by atoms with Crippen LogP contribution in [0.3, 0.4) is 0 Å². The molecule has 18 heavy (non-hydrogen) atoms. The zero-order valence-electron chi connectivity index (χ0n) is 11.1. The van der Waals surface area contributed by atoms with Gasteiger partial charge in [0.05, 0.1) is 16.1 Å². The summed E-state index contributed by atoms with van der Waals surface area (Å²) in [6.45, 7) is 2.43. The molecule has 5 nitrogen and oxygen atoms in total. The molecule has 0 fully saturated rings. The summed E-state index contributed by atoms with van der Waals surface area (Å²) in [5.74, 6) is 0.169. The van der Waals surface area contributed by atoms with Crippen LogP contribution < -0.4 is 5.32 Å². The highest BCUT2D eigenvalue weighted by Crippen LogP contribution is 2.27. The summed E-state index contributed by atoms with van der Waals surface area (Å²) in [5, 5.41) is 3.12. The van der Waals surface area contributed by atoms with Gasteiger partial charge in [0.1, 0.15) is 6.04 Å². The van der Waals surface area contributed by atoms with Gasteiger partial charge in [0, 0.05) is 26.1 Å². The van der Waals surface area contributed by atoms with Crippen LogP contribution >= 0.6 is 11.3 Å². The predicted molar refractivity (Wildman–Crippen MR) is 72.8 cm³/mol. The van der Waals surface area contributed by atoms with Crippen molar-refractivity contribution in [1.29, 1.82) is 0 Å². The lowest BCUT2D eigenvalue weighted by Crippen LogP contribution is -2.42. The Hall–Kier alpha value is -0.980. The van der Waals surface area contributed by atoms with E-state index < -0.39 is 0 Å². The number of fused-ring (bicyclic) bond motifs is 1. The van der Waals surface area contributed by atoms with Crippen LogP contribution in [0.4, 0.5) is 0 Å². The molecule has 1 amide bonds. The molecular formula is C12H20N4OS. The van der Waals surface area contributed by atoms with Crippen molar-refractivity contribution in [3.63, 3.8) is 0 Å². The minimum Gasteiger partial charge on any atom is -0.339 e. The van der Waals surface area contributed by atoms with Crippen LogP contribution in [0.2, 0.25) is 0 Å². The highest BCUT2D eigenvalue weighted by atomic mass is 32.1. The van der Waals surface area contributed by atoms with Gasteiger partial charge in [0.15, 0.2) is 0 Å². The lowest BCUT2D eigenvalue weighted by molar-refractivity contribution is -0.133. The number of thiazole rings is 1. The van der Waals surface area contributed by atoms with E-state index in [1.807, 2.05) is 31.6 Å². The molecule has 1 N–H and O–H groups in total. The number of nitrogens with zero attached hydrogens (tertiary/aromatic N) is 3. The SMILES string of the molecule is CNC1C(=O)N(CCN(C)C)CCc2ncsc21. The Morgan fingerprint density at radius 2 is 2.39 bits per heavy atom. The van der Waals surface area contributed by atoms with E-state index in [0.717, 1.165) is 36.6 Å². The molecule has 1 atom stereocenters. The second-order valence-corrected chi connectivity index (χ2v) is 5.65. The average Bonchev–Trinajstić information content (AvgIpc) is 2.73. The molecule has 1 aromatic rings.